The predicted molar refractivity (Wildman–Crippen MR) is 99.3 cm³/mol. The summed E-state index contributed by atoms with van der Waals surface area (Å²) in [5.41, 5.74) is 3.39. The molecule has 0 spiro atoms. The molecule has 0 atom stereocenters. The Morgan fingerprint density at radius 3 is 2.71 bits per heavy atom. The number of hydrogen-bond donors (Lipinski definition) is 1. The van der Waals surface area contributed by atoms with Gasteiger partial charge in [-0.25, -0.2) is 0 Å². The smallest absolute Gasteiger partial charge is 0.0991 e. The molecule has 1 aliphatic rings. The van der Waals surface area contributed by atoms with Crippen molar-refractivity contribution in [1.29, 1.82) is 5.26 Å². The minimum absolute atomic E-state index is 0.440. The summed E-state index contributed by atoms with van der Waals surface area (Å²) in [6.07, 6.45) is 5.84. The van der Waals surface area contributed by atoms with Crippen LogP contribution in [0, 0.1) is 11.3 Å². The van der Waals surface area contributed by atoms with Crippen LogP contribution in [0.5, 0.6) is 0 Å². The second kappa shape index (κ2) is 7.83. The third-order valence-corrected chi connectivity index (χ3v) is 4.98. The molecule has 1 N–H and O–H groups in total. The number of piperazine rings is 1. The molecule has 0 unspecified atom stereocenters. The molecule has 0 bridgehead atoms. The number of aryl methyl sites for hydroxylation is 1. The number of nitriles is 1. The van der Waals surface area contributed by atoms with Crippen LogP contribution in [0.2, 0.25) is 0 Å². The highest BCUT2D eigenvalue weighted by atomic mass is 15.2. The van der Waals surface area contributed by atoms with Crippen LogP contribution in [0.3, 0.4) is 0 Å². The van der Waals surface area contributed by atoms with Gasteiger partial charge in [0.05, 0.1) is 11.6 Å². The van der Waals surface area contributed by atoms with E-state index in [2.05, 4.69) is 53.0 Å². The van der Waals surface area contributed by atoms with E-state index in [9.17, 15) is 5.26 Å². The summed E-state index contributed by atoms with van der Waals surface area (Å²) in [4.78, 5) is 2.56. The highest BCUT2D eigenvalue weighted by Gasteiger charge is 2.12. The average molecular weight is 324 g/mol. The molecule has 4 nitrogen and oxygen atoms in total. The maximum absolute atomic E-state index is 9.19. The van der Waals surface area contributed by atoms with Gasteiger partial charge in [-0.05, 0) is 63.4 Å². The van der Waals surface area contributed by atoms with E-state index >= 15 is 0 Å². The van der Waals surface area contributed by atoms with Crippen LogP contribution in [0.15, 0.2) is 24.4 Å². The molecule has 0 radical (unpaired) electrons. The second-order valence-electron chi connectivity index (χ2n) is 7.05. The number of benzene rings is 1. The van der Waals surface area contributed by atoms with Gasteiger partial charge in [0.1, 0.15) is 0 Å². The normalized spacial score (nSPS) is 15.9. The first-order valence-corrected chi connectivity index (χ1v) is 9.15. The van der Waals surface area contributed by atoms with Crippen molar-refractivity contribution < 1.29 is 0 Å². The molecule has 4 heteroatoms. The Hall–Kier alpha value is -1.83. The lowest BCUT2D eigenvalue weighted by Gasteiger charge is -2.26. The van der Waals surface area contributed by atoms with Crippen LogP contribution < -0.4 is 5.32 Å². The summed E-state index contributed by atoms with van der Waals surface area (Å²) in [5.74, 6) is 0. The monoisotopic (exact) mass is 324 g/mol. The summed E-state index contributed by atoms with van der Waals surface area (Å²) in [6, 6.07) is 8.79. The van der Waals surface area contributed by atoms with Gasteiger partial charge in [0.2, 0.25) is 0 Å². The van der Waals surface area contributed by atoms with Crippen LogP contribution in [0.4, 0.5) is 0 Å². The van der Waals surface area contributed by atoms with E-state index in [0.717, 1.165) is 25.1 Å². The third-order valence-electron chi connectivity index (χ3n) is 4.98. The minimum atomic E-state index is 0.440. The van der Waals surface area contributed by atoms with Crippen molar-refractivity contribution in [2.45, 2.75) is 39.2 Å². The molecule has 1 aromatic carbocycles. The van der Waals surface area contributed by atoms with E-state index in [1.807, 2.05) is 6.07 Å². The average Bonchev–Trinajstić information content (AvgIpc) is 2.98. The van der Waals surface area contributed by atoms with E-state index in [1.165, 1.54) is 48.9 Å². The highest BCUT2D eigenvalue weighted by Crippen LogP contribution is 2.27. The Balaban J connectivity index is 1.67. The fourth-order valence-corrected chi connectivity index (χ4v) is 3.61. The molecule has 1 saturated heterocycles. The first-order valence-electron chi connectivity index (χ1n) is 9.15. The van der Waals surface area contributed by atoms with Crippen molar-refractivity contribution in [2.75, 3.05) is 32.7 Å². The van der Waals surface area contributed by atoms with Crippen molar-refractivity contribution in [3.05, 3.63) is 35.5 Å². The Morgan fingerprint density at radius 2 is 2.00 bits per heavy atom. The van der Waals surface area contributed by atoms with Gasteiger partial charge in [0.25, 0.3) is 0 Å². The number of nitrogens with one attached hydrogen (secondary N) is 1. The lowest BCUT2D eigenvalue weighted by molar-refractivity contribution is 0.237. The lowest BCUT2D eigenvalue weighted by atomic mass is 10.1. The molecule has 24 heavy (non-hydrogen) atoms. The molecule has 1 fully saturated rings. The quantitative estimate of drug-likeness (QED) is 0.829. The van der Waals surface area contributed by atoms with E-state index in [4.69, 9.17) is 0 Å². The molecular weight excluding hydrogens is 296 g/mol. The number of unbranched alkanes of at least 4 members (excludes halogenated alkanes) is 1. The van der Waals surface area contributed by atoms with Crippen molar-refractivity contribution in [1.82, 2.24) is 14.8 Å². The standard InChI is InChI=1S/C20H28N4/c1-16(2)24-15-18(19-13-17(14-21)6-7-20(19)24)5-3-4-10-23-11-8-22-9-12-23/h6-7,13,15-16,22H,3-5,8-12H2,1-2H3. The predicted octanol–water partition coefficient (Wildman–Crippen LogP) is 3.32. The second-order valence-corrected chi connectivity index (χ2v) is 7.05. The number of nitrogens with zero attached hydrogens (tertiary/aromatic N) is 3. The zero-order chi connectivity index (χ0) is 16.9. The first-order chi connectivity index (χ1) is 11.7. The van der Waals surface area contributed by atoms with Gasteiger partial charge < -0.3 is 14.8 Å². The van der Waals surface area contributed by atoms with Gasteiger partial charge in [-0.1, -0.05) is 0 Å². The molecule has 128 valence electrons. The minimum Gasteiger partial charge on any atom is -0.345 e. The lowest BCUT2D eigenvalue weighted by Crippen LogP contribution is -2.43. The van der Waals surface area contributed by atoms with Crippen LogP contribution in [-0.4, -0.2) is 42.2 Å². The van der Waals surface area contributed by atoms with Crippen LogP contribution in [-0.2, 0) is 6.42 Å². The highest BCUT2D eigenvalue weighted by molar-refractivity contribution is 5.85. The number of hydrogen-bond acceptors (Lipinski definition) is 3. The Labute approximate surface area is 145 Å². The molecule has 1 aliphatic heterocycles. The molecular formula is C20H28N4. The summed E-state index contributed by atoms with van der Waals surface area (Å²) in [7, 11) is 0. The molecule has 0 amide bonds. The summed E-state index contributed by atoms with van der Waals surface area (Å²) in [5, 5.41) is 13.9. The van der Waals surface area contributed by atoms with Gasteiger partial charge in [-0.3, -0.25) is 0 Å². The largest absolute Gasteiger partial charge is 0.345 e. The Morgan fingerprint density at radius 1 is 1.21 bits per heavy atom. The molecule has 2 heterocycles. The van der Waals surface area contributed by atoms with E-state index in [1.54, 1.807) is 0 Å². The van der Waals surface area contributed by atoms with E-state index in [-0.39, 0.29) is 0 Å². The van der Waals surface area contributed by atoms with E-state index in [0.29, 0.717) is 6.04 Å². The van der Waals surface area contributed by atoms with Gasteiger partial charge in [0.15, 0.2) is 0 Å². The fourth-order valence-electron chi connectivity index (χ4n) is 3.61. The summed E-state index contributed by atoms with van der Waals surface area (Å²) < 4.78 is 2.34. The number of rotatable bonds is 6. The van der Waals surface area contributed by atoms with Crippen molar-refractivity contribution in [3.8, 4) is 6.07 Å². The SMILES string of the molecule is CC(C)n1cc(CCCCN2CCNCC2)c2cc(C#N)ccc21. The number of fused-ring (bicyclic) bond motifs is 1. The van der Waals surface area contributed by atoms with Crippen LogP contribution >= 0.6 is 0 Å². The molecule has 3 rings (SSSR count). The number of aromatic nitrogens is 1. The maximum Gasteiger partial charge on any atom is 0.0991 e. The third kappa shape index (κ3) is 3.80. The van der Waals surface area contributed by atoms with Gasteiger partial charge in [-0.2, -0.15) is 5.26 Å². The Kier molecular flexibility index (Phi) is 5.55. The first kappa shape index (κ1) is 17.0. The molecule has 0 aliphatic carbocycles. The van der Waals surface area contributed by atoms with Crippen LogP contribution in [0.25, 0.3) is 10.9 Å². The Bertz CT molecular complexity index is 717. The molecule has 1 aromatic heterocycles. The van der Waals surface area contributed by atoms with Crippen molar-refractivity contribution >= 4 is 10.9 Å². The zero-order valence-electron chi connectivity index (χ0n) is 14.9. The van der Waals surface area contributed by atoms with Crippen molar-refractivity contribution in [2.24, 2.45) is 0 Å². The maximum atomic E-state index is 9.19. The van der Waals surface area contributed by atoms with Crippen molar-refractivity contribution in [3.63, 3.8) is 0 Å². The fraction of sp³-hybridized carbons (Fsp3) is 0.550. The molecule has 2 aromatic rings. The summed E-state index contributed by atoms with van der Waals surface area (Å²) in [6.45, 7) is 10.2. The molecule has 0 saturated carbocycles. The topological polar surface area (TPSA) is 44.0 Å². The van der Waals surface area contributed by atoms with Gasteiger partial charge in [0, 0.05) is 49.3 Å². The van der Waals surface area contributed by atoms with Crippen LogP contribution in [0.1, 0.15) is 43.9 Å². The zero-order valence-corrected chi connectivity index (χ0v) is 14.9. The van der Waals surface area contributed by atoms with Gasteiger partial charge in [-0.15, -0.1) is 0 Å². The van der Waals surface area contributed by atoms with Gasteiger partial charge >= 0.3 is 0 Å². The summed E-state index contributed by atoms with van der Waals surface area (Å²) >= 11 is 0. The van der Waals surface area contributed by atoms with E-state index < -0.39 is 0 Å².